The first kappa shape index (κ1) is 16.4. The standard InChI is InChI=1S/C17H27NO3/c1-13-4-6-16(7-5-13)11-20-12-17(19)10-18-8-14(2)21-15(3)9-18/h4-7,14-15,17,19H,8-12H2,1-3H3/t14-,15+,17-/m1/s1. The van der Waals surface area contributed by atoms with Crippen molar-refractivity contribution in [2.45, 2.75) is 45.7 Å². The SMILES string of the molecule is Cc1ccc(COC[C@H](O)CN2C[C@@H](C)O[C@@H](C)C2)cc1. The molecule has 0 spiro atoms. The van der Waals surface area contributed by atoms with E-state index in [1.807, 2.05) is 0 Å². The molecule has 1 heterocycles. The molecule has 1 aliphatic rings. The number of hydrogen-bond acceptors (Lipinski definition) is 4. The average Bonchev–Trinajstić information content (AvgIpc) is 2.39. The maximum Gasteiger partial charge on any atom is 0.0900 e. The van der Waals surface area contributed by atoms with Gasteiger partial charge in [0.05, 0.1) is 31.5 Å². The van der Waals surface area contributed by atoms with Gasteiger partial charge in [0.25, 0.3) is 0 Å². The Morgan fingerprint density at radius 2 is 1.86 bits per heavy atom. The zero-order valence-electron chi connectivity index (χ0n) is 13.3. The van der Waals surface area contributed by atoms with E-state index in [1.54, 1.807) is 0 Å². The third kappa shape index (κ3) is 5.75. The molecule has 0 bridgehead atoms. The van der Waals surface area contributed by atoms with Crippen LogP contribution in [0.2, 0.25) is 0 Å². The molecule has 0 aromatic heterocycles. The van der Waals surface area contributed by atoms with Gasteiger partial charge in [-0.1, -0.05) is 29.8 Å². The Morgan fingerprint density at radius 3 is 2.48 bits per heavy atom. The number of aliphatic hydroxyl groups excluding tert-OH is 1. The molecule has 1 fully saturated rings. The Morgan fingerprint density at radius 1 is 1.24 bits per heavy atom. The Labute approximate surface area is 127 Å². The molecule has 21 heavy (non-hydrogen) atoms. The molecule has 2 rings (SSSR count). The van der Waals surface area contributed by atoms with Gasteiger partial charge in [0.1, 0.15) is 0 Å². The Hall–Kier alpha value is -0.940. The van der Waals surface area contributed by atoms with Crippen molar-refractivity contribution in [2.24, 2.45) is 0 Å². The minimum Gasteiger partial charge on any atom is -0.389 e. The predicted octanol–water partition coefficient (Wildman–Crippen LogP) is 1.98. The van der Waals surface area contributed by atoms with Crippen LogP contribution in [-0.4, -0.2) is 54.6 Å². The number of morpholine rings is 1. The number of benzene rings is 1. The smallest absolute Gasteiger partial charge is 0.0900 e. The van der Waals surface area contributed by atoms with Crippen molar-refractivity contribution in [1.82, 2.24) is 4.90 Å². The van der Waals surface area contributed by atoms with Crippen molar-refractivity contribution >= 4 is 0 Å². The van der Waals surface area contributed by atoms with Crippen LogP contribution in [0.1, 0.15) is 25.0 Å². The summed E-state index contributed by atoms with van der Waals surface area (Å²) in [5.74, 6) is 0. The highest BCUT2D eigenvalue weighted by Gasteiger charge is 2.23. The van der Waals surface area contributed by atoms with Gasteiger partial charge in [0.2, 0.25) is 0 Å². The fraction of sp³-hybridized carbons (Fsp3) is 0.647. The van der Waals surface area contributed by atoms with E-state index >= 15 is 0 Å². The van der Waals surface area contributed by atoms with Gasteiger partial charge in [-0.25, -0.2) is 0 Å². The number of nitrogens with zero attached hydrogens (tertiary/aromatic N) is 1. The molecule has 1 saturated heterocycles. The summed E-state index contributed by atoms with van der Waals surface area (Å²) >= 11 is 0. The molecule has 4 nitrogen and oxygen atoms in total. The molecular weight excluding hydrogens is 266 g/mol. The van der Waals surface area contributed by atoms with Crippen LogP contribution >= 0.6 is 0 Å². The molecule has 118 valence electrons. The van der Waals surface area contributed by atoms with E-state index in [1.165, 1.54) is 5.56 Å². The number of β-amino-alcohol motifs (C(OH)–C–C–N with tert-alkyl or cyclic N) is 1. The highest BCUT2D eigenvalue weighted by Crippen LogP contribution is 2.11. The zero-order valence-corrected chi connectivity index (χ0v) is 13.3. The Balaban J connectivity index is 1.67. The van der Waals surface area contributed by atoms with E-state index in [9.17, 15) is 5.11 Å². The monoisotopic (exact) mass is 293 g/mol. The fourth-order valence-corrected chi connectivity index (χ4v) is 2.78. The summed E-state index contributed by atoms with van der Waals surface area (Å²) in [6.07, 6.45) is 0.0109. The minimum absolute atomic E-state index is 0.231. The molecule has 0 aliphatic carbocycles. The normalized spacial score (nSPS) is 25.0. The van der Waals surface area contributed by atoms with E-state index in [0.717, 1.165) is 18.7 Å². The second-order valence-corrected chi connectivity index (χ2v) is 6.13. The summed E-state index contributed by atoms with van der Waals surface area (Å²) in [4.78, 5) is 2.25. The fourth-order valence-electron chi connectivity index (χ4n) is 2.78. The highest BCUT2D eigenvalue weighted by molar-refractivity contribution is 5.20. The van der Waals surface area contributed by atoms with Crippen LogP contribution in [0.5, 0.6) is 0 Å². The predicted molar refractivity (Wildman–Crippen MR) is 83.3 cm³/mol. The van der Waals surface area contributed by atoms with Gasteiger partial charge in [-0.05, 0) is 26.3 Å². The van der Waals surface area contributed by atoms with Crippen molar-refractivity contribution in [3.63, 3.8) is 0 Å². The lowest BCUT2D eigenvalue weighted by atomic mass is 10.2. The average molecular weight is 293 g/mol. The van der Waals surface area contributed by atoms with Gasteiger partial charge in [0, 0.05) is 19.6 Å². The molecule has 0 amide bonds. The second-order valence-electron chi connectivity index (χ2n) is 6.13. The lowest BCUT2D eigenvalue weighted by Gasteiger charge is -2.36. The minimum atomic E-state index is -0.451. The molecule has 1 aromatic carbocycles. The number of hydrogen-bond donors (Lipinski definition) is 1. The van der Waals surface area contributed by atoms with Gasteiger partial charge in [-0.2, -0.15) is 0 Å². The van der Waals surface area contributed by atoms with Gasteiger partial charge in [0.15, 0.2) is 0 Å². The Kier molecular flexibility index (Phi) is 6.18. The quantitative estimate of drug-likeness (QED) is 0.871. The van der Waals surface area contributed by atoms with Crippen LogP contribution < -0.4 is 0 Å². The third-order valence-corrected chi connectivity index (χ3v) is 3.66. The van der Waals surface area contributed by atoms with E-state index in [2.05, 4.69) is 49.9 Å². The topological polar surface area (TPSA) is 41.9 Å². The largest absolute Gasteiger partial charge is 0.389 e. The van der Waals surface area contributed by atoms with Crippen molar-refractivity contribution in [3.05, 3.63) is 35.4 Å². The van der Waals surface area contributed by atoms with Gasteiger partial charge >= 0.3 is 0 Å². The first-order valence-corrected chi connectivity index (χ1v) is 7.72. The van der Waals surface area contributed by atoms with Crippen LogP contribution in [0.4, 0.5) is 0 Å². The van der Waals surface area contributed by atoms with E-state index < -0.39 is 6.10 Å². The molecule has 4 heteroatoms. The zero-order chi connectivity index (χ0) is 15.2. The lowest BCUT2D eigenvalue weighted by molar-refractivity contribution is -0.0826. The molecule has 0 unspecified atom stereocenters. The van der Waals surface area contributed by atoms with E-state index in [-0.39, 0.29) is 12.2 Å². The molecule has 0 saturated carbocycles. The first-order valence-electron chi connectivity index (χ1n) is 7.72. The van der Waals surface area contributed by atoms with Gasteiger partial charge in [-0.3, -0.25) is 4.90 Å². The summed E-state index contributed by atoms with van der Waals surface area (Å²) in [7, 11) is 0. The maximum atomic E-state index is 10.1. The number of aryl methyl sites for hydroxylation is 1. The lowest BCUT2D eigenvalue weighted by Crippen LogP contribution is -2.48. The number of rotatable bonds is 6. The highest BCUT2D eigenvalue weighted by atomic mass is 16.5. The summed E-state index contributed by atoms with van der Waals surface area (Å²) < 4.78 is 11.3. The van der Waals surface area contributed by atoms with Crippen LogP contribution in [0.3, 0.4) is 0 Å². The summed E-state index contributed by atoms with van der Waals surface area (Å²) in [6, 6.07) is 8.28. The molecule has 1 aromatic rings. The van der Waals surface area contributed by atoms with Crippen LogP contribution in [0.25, 0.3) is 0 Å². The van der Waals surface area contributed by atoms with Crippen molar-refractivity contribution < 1.29 is 14.6 Å². The third-order valence-electron chi connectivity index (χ3n) is 3.66. The summed E-state index contributed by atoms with van der Waals surface area (Å²) in [6.45, 7) is 9.52. The molecular formula is C17H27NO3. The maximum absolute atomic E-state index is 10.1. The van der Waals surface area contributed by atoms with E-state index in [0.29, 0.717) is 19.8 Å². The Bertz CT molecular complexity index is 411. The number of ether oxygens (including phenoxy) is 2. The second kappa shape index (κ2) is 7.90. The number of aliphatic hydroxyl groups is 1. The first-order chi connectivity index (χ1) is 10.0. The van der Waals surface area contributed by atoms with Crippen LogP contribution in [0, 0.1) is 6.92 Å². The molecule has 1 aliphatic heterocycles. The summed E-state index contributed by atoms with van der Waals surface area (Å²) in [5, 5.41) is 10.1. The van der Waals surface area contributed by atoms with Gasteiger partial charge < -0.3 is 14.6 Å². The van der Waals surface area contributed by atoms with Crippen LogP contribution in [-0.2, 0) is 16.1 Å². The van der Waals surface area contributed by atoms with Crippen molar-refractivity contribution in [1.29, 1.82) is 0 Å². The van der Waals surface area contributed by atoms with Crippen molar-refractivity contribution in [2.75, 3.05) is 26.2 Å². The summed E-state index contributed by atoms with van der Waals surface area (Å²) in [5.41, 5.74) is 2.38. The van der Waals surface area contributed by atoms with Gasteiger partial charge in [-0.15, -0.1) is 0 Å². The van der Waals surface area contributed by atoms with Crippen molar-refractivity contribution in [3.8, 4) is 0 Å². The van der Waals surface area contributed by atoms with Crippen LogP contribution in [0.15, 0.2) is 24.3 Å². The molecule has 1 N–H and O–H groups in total. The van der Waals surface area contributed by atoms with E-state index in [4.69, 9.17) is 9.47 Å². The molecule has 3 atom stereocenters. The molecule has 0 radical (unpaired) electrons.